The second-order valence-electron chi connectivity index (χ2n) is 12.2. The molecule has 4 heteroatoms. The van der Waals surface area contributed by atoms with Crippen molar-refractivity contribution in [2.24, 2.45) is 0 Å². The Hall–Kier alpha value is -6.26. The van der Waals surface area contributed by atoms with Gasteiger partial charge in [0, 0.05) is 5.41 Å². The number of ether oxygens (including phenoxy) is 2. The summed E-state index contributed by atoms with van der Waals surface area (Å²) in [6.07, 6.45) is 8.09. The van der Waals surface area contributed by atoms with Crippen LogP contribution in [0.15, 0.2) is 158 Å². The number of rotatable bonds is 10. The molecule has 6 aromatic carbocycles. The van der Waals surface area contributed by atoms with Gasteiger partial charge in [-0.05, 0) is 81.9 Å². The van der Waals surface area contributed by atoms with E-state index in [0.717, 1.165) is 33.4 Å². The van der Waals surface area contributed by atoms with Crippen molar-refractivity contribution in [1.82, 2.24) is 0 Å². The Morgan fingerprint density at radius 3 is 1.04 bits per heavy atom. The standard InChI is InChI=1S/C45H36O4/c1-45(2,39-25-29-41(30-26-39)48-43(46)37-21-17-35(18-22-37)15-13-33-9-5-3-6-10-33)40-27-31-42(32-28-40)49-44(47)38-23-19-36(20-24-38)16-14-34-11-7-4-8-12-34/h3-32H,1-2H3/b15-13+,16-14+. The fraction of sp³-hybridized carbons (Fsp3) is 0.0667. The van der Waals surface area contributed by atoms with Gasteiger partial charge in [0.1, 0.15) is 11.5 Å². The van der Waals surface area contributed by atoms with Crippen LogP contribution in [0.1, 0.15) is 67.9 Å². The molecule has 0 bridgehead atoms. The van der Waals surface area contributed by atoms with E-state index in [9.17, 15) is 9.59 Å². The van der Waals surface area contributed by atoms with Crippen molar-refractivity contribution in [1.29, 1.82) is 0 Å². The van der Waals surface area contributed by atoms with Crippen molar-refractivity contribution in [2.45, 2.75) is 19.3 Å². The van der Waals surface area contributed by atoms with Crippen LogP contribution >= 0.6 is 0 Å². The summed E-state index contributed by atoms with van der Waals surface area (Å²) in [7, 11) is 0. The zero-order chi connectivity index (χ0) is 34.1. The molecule has 6 rings (SSSR count). The van der Waals surface area contributed by atoms with Crippen LogP contribution in [0, 0.1) is 0 Å². The Balaban J connectivity index is 1.03. The van der Waals surface area contributed by atoms with E-state index in [-0.39, 0.29) is 5.41 Å². The molecule has 0 heterocycles. The molecule has 0 radical (unpaired) electrons. The normalized spacial score (nSPS) is 11.5. The molecule has 0 unspecified atom stereocenters. The van der Waals surface area contributed by atoms with E-state index in [4.69, 9.17) is 9.47 Å². The summed E-state index contributed by atoms with van der Waals surface area (Å²) in [5, 5.41) is 0. The number of hydrogen-bond donors (Lipinski definition) is 0. The van der Waals surface area contributed by atoms with Gasteiger partial charge in [0.05, 0.1) is 11.1 Å². The Bertz CT molecular complexity index is 1900. The van der Waals surface area contributed by atoms with E-state index >= 15 is 0 Å². The van der Waals surface area contributed by atoms with Crippen molar-refractivity contribution in [2.75, 3.05) is 0 Å². The van der Waals surface area contributed by atoms with Gasteiger partial charge in [-0.25, -0.2) is 9.59 Å². The Morgan fingerprint density at radius 2 is 0.714 bits per heavy atom. The first-order valence-electron chi connectivity index (χ1n) is 16.2. The molecule has 0 amide bonds. The van der Waals surface area contributed by atoms with Gasteiger partial charge in [-0.15, -0.1) is 0 Å². The number of carbonyl (C=O) groups excluding carboxylic acids is 2. The molecule has 0 fully saturated rings. The highest BCUT2D eigenvalue weighted by Crippen LogP contribution is 2.33. The van der Waals surface area contributed by atoms with Crippen LogP contribution in [0.4, 0.5) is 0 Å². The van der Waals surface area contributed by atoms with Crippen LogP contribution in [-0.4, -0.2) is 11.9 Å². The first-order valence-corrected chi connectivity index (χ1v) is 16.2. The fourth-order valence-electron chi connectivity index (χ4n) is 5.35. The zero-order valence-corrected chi connectivity index (χ0v) is 27.5. The number of hydrogen-bond acceptors (Lipinski definition) is 4. The quantitative estimate of drug-likeness (QED) is 0.0849. The second-order valence-corrected chi connectivity index (χ2v) is 12.2. The van der Waals surface area contributed by atoms with Gasteiger partial charge in [0.15, 0.2) is 0 Å². The lowest BCUT2D eigenvalue weighted by Crippen LogP contribution is -2.19. The monoisotopic (exact) mass is 640 g/mol. The first-order chi connectivity index (χ1) is 23.8. The van der Waals surface area contributed by atoms with Gasteiger partial charge in [-0.3, -0.25) is 0 Å². The molecule has 0 atom stereocenters. The molecule has 240 valence electrons. The molecule has 0 saturated carbocycles. The lowest BCUT2D eigenvalue weighted by atomic mass is 9.78. The SMILES string of the molecule is CC(C)(c1ccc(OC(=O)c2ccc(/C=C/c3ccccc3)cc2)cc1)c1ccc(OC(=O)c2ccc(/C=C/c3ccccc3)cc2)cc1. The smallest absolute Gasteiger partial charge is 0.343 e. The van der Waals surface area contributed by atoms with E-state index in [1.54, 1.807) is 24.3 Å². The summed E-state index contributed by atoms with van der Waals surface area (Å²) in [6.45, 7) is 4.24. The van der Waals surface area contributed by atoms with Crippen LogP contribution in [0.2, 0.25) is 0 Å². The third-order valence-corrected chi connectivity index (χ3v) is 8.40. The summed E-state index contributed by atoms with van der Waals surface area (Å²) in [6, 6.07) is 49.9. The maximum Gasteiger partial charge on any atom is 0.343 e. The van der Waals surface area contributed by atoms with E-state index < -0.39 is 11.9 Å². The average molecular weight is 641 g/mol. The van der Waals surface area contributed by atoms with Crippen LogP contribution in [0.3, 0.4) is 0 Å². The molecular weight excluding hydrogens is 604 g/mol. The highest BCUT2D eigenvalue weighted by molar-refractivity contribution is 5.92. The molecule has 0 spiro atoms. The molecule has 4 nitrogen and oxygen atoms in total. The predicted molar refractivity (Wildman–Crippen MR) is 199 cm³/mol. The molecule has 0 N–H and O–H groups in total. The van der Waals surface area contributed by atoms with Crippen LogP contribution < -0.4 is 9.47 Å². The van der Waals surface area contributed by atoms with Gasteiger partial charge in [0.25, 0.3) is 0 Å². The molecule has 49 heavy (non-hydrogen) atoms. The van der Waals surface area contributed by atoms with Crippen LogP contribution in [0.25, 0.3) is 24.3 Å². The minimum absolute atomic E-state index is 0.350. The lowest BCUT2D eigenvalue weighted by Gasteiger charge is -2.26. The van der Waals surface area contributed by atoms with Gasteiger partial charge in [0.2, 0.25) is 0 Å². The number of benzene rings is 6. The minimum atomic E-state index is -0.411. The molecule has 0 saturated heterocycles. The summed E-state index contributed by atoms with van der Waals surface area (Å²) < 4.78 is 11.3. The summed E-state index contributed by atoms with van der Waals surface area (Å²) in [5.74, 6) is 0.123. The minimum Gasteiger partial charge on any atom is -0.423 e. The highest BCUT2D eigenvalue weighted by atomic mass is 16.5. The highest BCUT2D eigenvalue weighted by Gasteiger charge is 2.23. The Labute approximate surface area is 287 Å². The zero-order valence-electron chi connectivity index (χ0n) is 27.5. The molecular formula is C45H36O4. The maximum atomic E-state index is 12.8. The number of esters is 2. The van der Waals surface area contributed by atoms with Crippen molar-refractivity contribution in [3.63, 3.8) is 0 Å². The average Bonchev–Trinajstić information content (AvgIpc) is 3.15. The van der Waals surface area contributed by atoms with Crippen molar-refractivity contribution < 1.29 is 19.1 Å². The first kappa shape index (κ1) is 32.7. The van der Waals surface area contributed by atoms with Crippen molar-refractivity contribution >= 4 is 36.2 Å². The maximum absolute atomic E-state index is 12.8. The van der Waals surface area contributed by atoms with Gasteiger partial charge < -0.3 is 9.47 Å². The van der Waals surface area contributed by atoms with Gasteiger partial charge in [-0.1, -0.05) is 147 Å². The van der Waals surface area contributed by atoms with E-state index in [2.05, 4.69) is 13.8 Å². The van der Waals surface area contributed by atoms with E-state index in [1.807, 2.05) is 158 Å². The van der Waals surface area contributed by atoms with E-state index in [0.29, 0.717) is 22.6 Å². The largest absolute Gasteiger partial charge is 0.423 e. The Kier molecular flexibility index (Phi) is 10.1. The third-order valence-electron chi connectivity index (χ3n) is 8.40. The lowest BCUT2D eigenvalue weighted by molar-refractivity contribution is 0.0725. The topological polar surface area (TPSA) is 52.6 Å². The third kappa shape index (κ3) is 8.56. The molecule has 0 aliphatic heterocycles. The van der Waals surface area contributed by atoms with E-state index in [1.165, 1.54) is 0 Å². The summed E-state index contributed by atoms with van der Waals surface area (Å²) in [4.78, 5) is 25.6. The Morgan fingerprint density at radius 1 is 0.408 bits per heavy atom. The van der Waals surface area contributed by atoms with Crippen LogP contribution in [-0.2, 0) is 5.41 Å². The molecule has 0 aliphatic carbocycles. The molecule has 0 aromatic heterocycles. The predicted octanol–water partition coefficient (Wildman–Crippen LogP) is 10.8. The summed E-state index contributed by atoms with van der Waals surface area (Å²) in [5.41, 5.74) is 6.93. The summed E-state index contributed by atoms with van der Waals surface area (Å²) >= 11 is 0. The molecule has 0 aliphatic rings. The van der Waals surface area contributed by atoms with Gasteiger partial charge >= 0.3 is 11.9 Å². The second kappa shape index (κ2) is 15.1. The number of carbonyl (C=O) groups is 2. The molecule has 6 aromatic rings. The van der Waals surface area contributed by atoms with Crippen LogP contribution in [0.5, 0.6) is 11.5 Å². The van der Waals surface area contributed by atoms with Crippen molar-refractivity contribution in [3.05, 3.63) is 202 Å². The van der Waals surface area contributed by atoms with Crippen molar-refractivity contribution in [3.8, 4) is 11.5 Å². The fourth-order valence-corrected chi connectivity index (χ4v) is 5.35. The van der Waals surface area contributed by atoms with Gasteiger partial charge in [-0.2, -0.15) is 0 Å².